The van der Waals surface area contributed by atoms with E-state index in [1.807, 2.05) is 49.5 Å². The summed E-state index contributed by atoms with van der Waals surface area (Å²) in [4.78, 5) is 14.6. The molecule has 23 heavy (non-hydrogen) atoms. The van der Waals surface area contributed by atoms with Crippen LogP contribution in [0.2, 0.25) is 0 Å². The van der Waals surface area contributed by atoms with Crippen LogP contribution in [0.25, 0.3) is 5.57 Å². The maximum absolute atomic E-state index is 12.4. The summed E-state index contributed by atoms with van der Waals surface area (Å²) in [6, 6.07) is 16.2. The lowest BCUT2D eigenvalue weighted by molar-refractivity contribution is -0.110. The van der Waals surface area contributed by atoms with Crippen molar-refractivity contribution in [1.29, 1.82) is 0 Å². The van der Waals surface area contributed by atoms with Crippen molar-refractivity contribution in [2.75, 3.05) is 16.8 Å². The van der Waals surface area contributed by atoms with Crippen LogP contribution in [0, 0.1) is 12.8 Å². The Balaban J connectivity index is 2.05. The van der Waals surface area contributed by atoms with E-state index in [9.17, 15) is 4.79 Å². The lowest BCUT2D eigenvalue weighted by Gasteiger charge is -2.23. The minimum atomic E-state index is -0.0287. The van der Waals surface area contributed by atoms with E-state index in [4.69, 9.17) is 0 Å². The number of nitrogens with one attached hydrogen (secondary N) is 1. The second-order valence-electron chi connectivity index (χ2n) is 6.38. The fourth-order valence-electron chi connectivity index (χ4n) is 2.96. The van der Waals surface area contributed by atoms with Crippen LogP contribution in [-0.2, 0) is 4.79 Å². The topological polar surface area (TPSA) is 32.3 Å². The number of hydrogen-bond donors (Lipinski definition) is 1. The van der Waals surface area contributed by atoms with Crippen molar-refractivity contribution in [2.24, 2.45) is 5.92 Å². The average molecular weight is 306 g/mol. The van der Waals surface area contributed by atoms with Gasteiger partial charge in [0.05, 0.1) is 5.57 Å². The number of para-hydroxylation sites is 1. The molecule has 0 fully saturated rings. The Morgan fingerprint density at radius 3 is 2.52 bits per heavy atom. The molecule has 0 spiro atoms. The number of rotatable bonds is 4. The number of anilines is 2. The SMILES string of the molecule is Cc1cccc2c1C(=CN(CC(C)C)c1ccccc1)C(=O)N2. The highest BCUT2D eigenvalue weighted by atomic mass is 16.2. The standard InChI is InChI=1S/C20H22N2O/c1-14(2)12-22(16-9-5-4-6-10-16)13-17-19-15(3)8-7-11-18(19)21-20(17)23/h4-11,13-14H,12H2,1-3H3,(H,21,23). The summed E-state index contributed by atoms with van der Waals surface area (Å²) < 4.78 is 0. The van der Waals surface area contributed by atoms with Crippen LogP contribution in [0.3, 0.4) is 0 Å². The summed E-state index contributed by atoms with van der Waals surface area (Å²) in [5.41, 5.74) is 4.87. The van der Waals surface area contributed by atoms with Crippen molar-refractivity contribution in [2.45, 2.75) is 20.8 Å². The van der Waals surface area contributed by atoms with Gasteiger partial charge in [-0.2, -0.15) is 0 Å². The number of benzene rings is 2. The van der Waals surface area contributed by atoms with E-state index in [0.717, 1.165) is 34.6 Å². The average Bonchev–Trinajstić information content (AvgIpc) is 2.84. The zero-order chi connectivity index (χ0) is 16.4. The summed E-state index contributed by atoms with van der Waals surface area (Å²) in [5, 5.41) is 2.96. The first-order chi connectivity index (χ1) is 11.1. The summed E-state index contributed by atoms with van der Waals surface area (Å²) >= 11 is 0. The Kier molecular flexibility index (Phi) is 4.20. The van der Waals surface area contributed by atoms with E-state index in [-0.39, 0.29) is 5.91 Å². The zero-order valence-electron chi connectivity index (χ0n) is 13.8. The second kappa shape index (κ2) is 6.29. The van der Waals surface area contributed by atoms with Crippen LogP contribution in [-0.4, -0.2) is 12.5 Å². The molecule has 3 rings (SSSR count). The number of hydrogen-bond acceptors (Lipinski definition) is 2. The molecule has 0 bridgehead atoms. The van der Waals surface area contributed by atoms with Crippen LogP contribution in [0.15, 0.2) is 54.7 Å². The van der Waals surface area contributed by atoms with E-state index in [1.165, 1.54) is 0 Å². The van der Waals surface area contributed by atoms with Gasteiger partial charge in [0, 0.05) is 29.7 Å². The Morgan fingerprint density at radius 2 is 1.83 bits per heavy atom. The maximum Gasteiger partial charge on any atom is 0.257 e. The monoisotopic (exact) mass is 306 g/mol. The minimum absolute atomic E-state index is 0.0287. The van der Waals surface area contributed by atoms with Crippen molar-refractivity contribution < 1.29 is 4.79 Å². The molecule has 0 aliphatic carbocycles. The van der Waals surface area contributed by atoms with E-state index < -0.39 is 0 Å². The van der Waals surface area contributed by atoms with Gasteiger partial charge in [-0.15, -0.1) is 0 Å². The normalized spacial score (nSPS) is 15.0. The van der Waals surface area contributed by atoms with Gasteiger partial charge < -0.3 is 10.2 Å². The second-order valence-corrected chi connectivity index (χ2v) is 6.38. The van der Waals surface area contributed by atoms with Gasteiger partial charge in [-0.05, 0) is 36.6 Å². The van der Waals surface area contributed by atoms with E-state index in [2.05, 4.69) is 36.2 Å². The van der Waals surface area contributed by atoms with Crippen molar-refractivity contribution in [3.05, 3.63) is 65.9 Å². The van der Waals surface area contributed by atoms with E-state index in [1.54, 1.807) is 0 Å². The number of amides is 1. The predicted molar refractivity (Wildman–Crippen MR) is 96.4 cm³/mol. The first-order valence-electron chi connectivity index (χ1n) is 8.01. The molecule has 2 aromatic rings. The van der Waals surface area contributed by atoms with Crippen LogP contribution >= 0.6 is 0 Å². The van der Waals surface area contributed by atoms with Gasteiger partial charge >= 0.3 is 0 Å². The molecule has 1 heterocycles. The smallest absolute Gasteiger partial charge is 0.257 e. The minimum Gasteiger partial charge on any atom is -0.347 e. The van der Waals surface area contributed by atoms with Crippen LogP contribution in [0.5, 0.6) is 0 Å². The molecular formula is C20H22N2O. The van der Waals surface area contributed by atoms with Crippen molar-refractivity contribution in [3.63, 3.8) is 0 Å². The van der Waals surface area contributed by atoms with Gasteiger partial charge in [-0.25, -0.2) is 0 Å². The molecular weight excluding hydrogens is 284 g/mol. The van der Waals surface area contributed by atoms with E-state index in [0.29, 0.717) is 5.92 Å². The Labute approximate surface area is 137 Å². The largest absolute Gasteiger partial charge is 0.347 e. The fourth-order valence-corrected chi connectivity index (χ4v) is 2.96. The summed E-state index contributed by atoms with van der Waals surface area (Å²) in [6.07, 6.45) is 1.99. The Hall–Kier alpha value is -2.55. The molecule has 1 aliphatic rings. The first-order valence-corrected chi connectivity index (χ1v) is 8.01. The summed E-state index contributed by atoms with van der Waals surface area (Å²) in [7, 11) is 0. The molecule has 3 nitrogen and oxygen atoms in total. The lowest BCUT2D eigenvalue weighted by atomic mass is 10.0. The van der Waals surface area contributed by atoms with Gasteiger partial charge in [0.25, 0.3) is 5.91 Å². The molecule has 0 aromatic heterocycles. The number of carbonyl (C=O) groups is 1. The summed E-state index contributed by atoms with van der Waals surface area (Å²) in [6.45, 7) is 7.27. The number of fused-ring (bicyclic) bond motifs is 1. The quantitative estimate of drug-likeness (QED) is 0.846. The van der Waals surface area contributed by atoms with Gasteiger partial charge in [0.2, 0.25) is 0 Å². The van der Waals surface area contributed by atoms with Gasteiger partial charge in [0.15, 0.2) is 0 Å². The van der Waals surface area contributed by atoms with Crippen molar-refractivity contribution >= 4 is 22.9 Å². The molecule has 0 atom stereocenters. The molecule has 1 aliphatic heterocycles. The highest BCUT2D eigenvalue weighted by molar-refractivity contribution is 6.32. The molecule has 1 amide bonds. The van der Waals surface area contributed by atoms with Crippen LogP contribution in [0.4, 0.5) is 11.4 Å². The Morgan fingerprint density at radius 1 is 1.09 bits per heavy atom. The molecule has 3 heteroatoms. The third kappa shape index (κ3) is 3.14. The fraction of sp³-hybridized carbons (Fsp3) is 0.250. The highest BCUT2D eigenvalue weighted by Crippen LogP contribution is 2.35. The predicted octanol–water partition coefficient (Wildman–Crippen LogP) is 4.45. The molecule has 2 aromatic carbocycles. The van der Waals surface area contributed by atoms with E-state index >= 15 is 0 Å². The summed E-state index contributed by atoms with van der Waals surface area (Å²) in [5.74, 6) is 0.465. The molecule has 0 saturated heterocycles. The third-order valence-electron chi connectivity index (χ3n) is 3.97. The molecule has 118 valence electrons. The number of nitrogens with zero attached hydrogens (tertiary/aromatic N) is 1. The molecule has 1 N–H and O–H groups in total. The van der Waals surface area contributed by atoms with Crippen molar-refractivity contribution in [3.8, 4) is 0 Å². The van der Waals surface area contributed by atoms with Gasteiger partial charge in [-0.3, -0.25) is 4.79 Å². The van der Waals surface area contributed by atoms with Crippen LogP contribution < -0.4 is 10.2 Å². The Bertz CT molecular complexity index is 747. The van der Waals surface area contributed by atoms with Crippen LogP contribution in [0.1, 0.15) is 25.0 Å². The third-order valence-corrected chi connectivity index (χ3v) is 3.97. The number of aryl methyl sites for hydroxylation is 1. The molecule has 0 unspecified atom stereocenters. The van der Waals surface area contributed by atoms with Gasteiger partial charge in [-0.1, -0.05) is 44.2 Å². The first kappa shape index (κ1) is 15.3. The number of carbonyl (C=O) groups excluding carboxylic acids is 1. The molecule has 0 radical (unpaired) electrons. The van der Waals surface area contributed by atoms with Gasteiger partial charge in [0.1, 0.15) is 0 Å². The lowest BCUT2D eigenvalue weighted by Crippen LogP contribution is -2.23. The van der Waals surface area contributed by atoms with Crippen molar-refractivity contribution in [1.82, 2.24) is 0 Å². The maximum atomic E-state index is 12.4. The molecule has 0 saturated carbocycles. The zero-order valence-corrected chi connectivity index (χ0v) is 13.8. The highest BCUT2D eigenvalue weighted by Gasteiger charge is 2.26.